The average Bonchev–Trinajstić information content (AvgIpc) is 2.84. The second-order valence-electron chi connectivity index (χ2n) is 7.22. The first-order valence-electron chi connectivity index (χ1n) is 7.54. The van der Waals surface area contributed by atoms with Gasteiger partial charge in [0.2, 0.25) is 5.91 Å². The highest BCUT2D eigenvalue weighted by Crippen LogP contribution is 2.61. The minimum absolute atomic E-state index is 0.0727. The van der Waals surface area contributed by atoms with Crippen molar-refractivity contribution in [3.63, 3.8) is 0 Å². The van der Waals surface area contributed by atoms with Crippen LogP contribution in [-0.4, -0.2) is 24.5 Å². The van der Waals surface area contributed by atoms with E-state index in [4.69, 9.17) is 0 Å². The Morgan fingerprint density at radius 3 is 2.67 bits per heavy atom. The van der Waals surface area contributed by atoms with Crippen molar-refractivity contribution >= 4 is 5.91 Å². The maximum absolute atomic E-state index is 12.2. The molecule has 3 saturated carbocycles. The third kappa shape index (κ3) is 1.78. The third-order valence-corrected chi connectivity index (χ3v) is 6.06. The normalized spacial score (nSPS) is 45.4. The zero-order chi connectivity index (χ0) is 12.9. The molecule has 3 heteroatoms. The largest absolute Gasteiger partial charge is 0.352 e. The molecule has 0 aromatic rings. The quantitative estimate of drug-likeness (QED) is 0.786. The van der Waals surface area contributed by atoms with Crippen LogP contribution in [0.4, 0.5) is 0 Å². The van der Waals surface area contributed by atoms with Gasteiger partial charge in [-0.2, -0.15) is 0 Å². The standard InChI is InChI=1S/C15H26N2O/c1-9-11-7-10(15(11,2)3)8-13(9)17-14(18)12-5-4-6-16-12/h9-13,16H,4-8H2,1-3H3,(H,17,18)/t9-,10+,11-,12-,13-/m0/s1. The molecule has 4 aliphatic rings. The number of rotatable bonds is 2. The molecule has 4 fully saturated rings. The van der Waals surface area contributed by atoms with Crippen LogP contribution >= 0.6 is 0 Å². The summed E-state index contributed by atoms with van der Waals surface area (Å²) in [5, 5.41) is 6.60. The van der Waals surface area contributed by atoms with Gasteiger partial charge >= 0.3 is 0 Å². The Bertz CT molecular complexity index is 346. The van der Waals surface area contributed by atoms with Crippen molar-refractivity contribution in [1.82, 2.24) is 10.6 Å². The summed E-state index contributed by atoms with van der Waals surface area (Å²) >= 11 is 0. The number of nitrogens with one attached hydrogen (secondary N) is 2. The van der Waals surface area contributed by atoms with Crippen molar-refractivity contribution in [3.8, 4) is 0 Å². The lowest BCUT2D eigenvalue weighted by Gasteiger charge is -2.62. The number of hydrogen-bond donors (Lipinski definition) is 2. The molecular weight excluding hydrogens is 224 g/mol. The fraction of sp³-hybridized carbons (Fsp3) is 0.933. The highest BCUT2D eigenvalue weighted by molar-refractivity contribution is 5.82. The zero-order valence-electron chi connectivity index (χ0n) is 11.8. The SMILES string of the molecule is C[C@@H]1[C@@H](NC(=O)[C@@H]2CCCN2)C[C@H]2C[C@@H]1C2(C)C. The van der Waals surface area contributed by atoms with Crippen LogP contribution in [0.2, 0.25) is 0 Å². The van der Waals surface area contributed by atoms with E-state index in [1.807, 2.05) is 0 Å². The second-order valence-corrected chi connectivity index (χ2v) is 7.22. The molecule has 5 atom stereocenters. The van der Waals surface area contributed by atoms with E-state index in [1.54, 1.807) is 0 Å². The number of carbonyl (C=O) groups is 1. The summed E-state index contributed by atoms with van der Waals surface area (Å²) < 4.78 is 0. The highest BCUT2D eigenvalue weighted by atomic mass is 16.2. The van der Waals surface area contributed by atoms with Crippen LogP contribution < -0.4 is 10.6 Å². The van der Waals surface area contributed by atoms with E-state index in [0.29, 0.717) is 17.4 Å². The fourth-order valence-corrected chi connectivity index (χ4v) is 4.53. The first-order chi connectivity index (χ1) is 8.50. The monoisotopic (exact) mass is 250 g/mol. The molecule has 0 aromatic carbocycles. The van der Waals surface area contributed by atoms with Gasteiger partial charge in [0.25, 0.3) is 0 Å². The lowest BCUT2D eigenvalue weighted by molar-refractivity contribution is -0.135. The molecule has 2 N–H and O–H groups in total. The molecule has 102 valence electrons. The predicted octanol–water partition coefficient (Wildman–Crippen LogP) is 1.93. The number of amides is 1. The van der Waals surface area contributed by atoms with Crippen molar-refractivity contribution < 1.29 is 4.79 Å². The minimum Gasteiger partial charge on any atom is -0.352 e. The van der Waals surface area contributed by atoms with Gasteiger partial charge in [0.15, 0.2) is 0 Å². The molecule has 1 amide bonds. The lowest BCUT2D eigenvalue weighted by Crippen LogP contribution is -2.61. The van der Waals surface area contributed by atoms with Gasteiger partial charge in [0.05, 0.1) is 6.04 Å². The number of carbonyl (C=O) groups excluding carboxylic acids is 1. The van der Waals surface area contributed by atoms with E-state index in [9.17, 15) is 4.79 Å². The molecule has 1 heterocycles. The maximum atomic E-state index is 12.2. The van der Waals surface area contributed by atoms with E-state index in [-0.39, 0.29) is 11.9 Å². The Labute approximate surface area is 110 Å². The smallest absolute Gasteiger partial charge is 0.237 e. The molecule has 18 heavy (non-hydrogen) atoms. The van der Waals surface area contributed by atoms with E-state index < -0.39 is 0 Å². The molecule has 1 saturated heterocycles. The minimum atomic E-state index is 0.0727. The van der Waals surface area contributed by atoms with Crippen LogP contribution in [0.3, 0.4) is 0 Å². The van der Waals surface area contributed by atoms with E-state index >= 15 is 0 Å². The van der Waals surface area contributed by atoms with Gasteiger partial charge in [-0.15, -0.1) is 0 Å². The van der Waals surface area contributed by atoms with Crippen LogP contribution in [0, 0.1) is 23.2 Å². The van der Waals surface area contributed by atoms with Crippen LogP contribution in [0.5, 0.6) is 0 Å². The molecule has 3 aliphatic carbocycles. The van der Waals surface area contributed by atoms with E-state index in [0.717, 1.165) is 31.2 Å². The first kappa shape index (κ1) is 12.5. The molecule has 0 radical (unpaired) electrons. The molecule has 4 rings (SSSR count). The van der Waals surface area contributed by atoms with E-state index in [2.05, 4.69) is 31.4 Å². The first-order valence-corrected chi connectivity index (χ1v) is 7.54. The van der Waals surface area contributed by atoms with Gasteiger partial charge in [0.1, 0.15) is 0 Å². The topological polar surface area (TPSA) is 41.1 Å². The van der Waals surface area contributed by atoms with E-state index in [1.165, 1.54) is 12.8 Å². The van der Waals surface area contributed by atoms with Crippen LogP contribution in [-0.2, 0) is 4.79 Å². The molecule has 3 nitrogen and oxygen atoms in total. The van der Waals surface area contributed by atoms with Crippen LogP contribution in [0.1, 0.15) is 46.5 Å². The Balaban J connectivity index is 1.60. The predicted molar refractivity (Wildman–Crippen MR) is 72.1 cm³/mol. The molecular formula is C15H26N2O. The van der Waals surface area contributed by atoms with Gasteiger partial charge in [0, 0.05) is 6.04 Å². The highest BCUT2D eigenvalue weighted by Gasteiger charge is 2.56. The van der Waals surface area contributed by atoms with Gasteiger partial charge in [-0.05, 0) is 55.4 Å². The molecule has 2 bridgehead atoms. The zero-order valence-corrected chi connectivity index (χ0v) is 11.8. The van der Waals surface area contributed by atoms with Crippen molar-refractivity contribution in [1.29, 1.82) is 0 Å². The van der Waals surface area contributed by atoms with Crippen molar-refractivity contribution in [2.75, 3.05) is 6.54 Å². The molecule has 0 spiro atoms. The molecule has 0 aromatic heterocycles. The van der Waals surface area contributed by atoms with Gasteiger partial charge in [-0.1, -0.05) is 20.8 Å². The van der Waals surface area contributed by atoms with Crippen LogP contribution in [0.25, 0.3) is 0 Å². The summed E-state index contributed by atoms with van der Waals surface area (Å²) in [7, 11) is 0. The van der Waals surface area contributed by atoms with Crippen LogP contribution in [0.15, 0.2) is 0 Å². The Hall–Kier alpha value is -0.570. The fourth-order valence-electron chi connectivity index (χ4n) is 4.53. The Morgan fingerprint density at radius 1 is 1.33 bits per heavy atom. The molecule has 1 aliphatic heterocycles. The second kappa shape index (κ2) is 4.22. The maximum Gasteiger partial charge on any atom is 0.237 e. The summed E-state index contributed by atoms with van der Waals surface area (Å²) in [6.45, 7) is 8.13. The van der Waals surface area contributed by atoms with Crippen molar-refractivity contribution in [2.24, 2.45) is 23.2 Å². The van der Waals surface area contributed by atoms with Gasteiger partial charge in [-0.3, -0.25) is 4.79 Å². The summed E-state index contributed by atoms with van der Waals surface area (Å²) in [6.07, 6.45) is 4.70. The lowest BCUT2D eigenvalue weighted by atomic mass is 9.45. The average molecular weight is 250 g/mol. The summed E-state index contributed by atoms with van der Waals surface area (Å²) in [5.41, 5.74) is 0.506. The molecule has 0 unspecified atom stereocenters. The van der Waals surface area contributed by atoms with Gasteiger partial charge < -0.3 is 10.6 Å². The summed E-state index contributed by atoms with van der Waals surface area (Å²) in [6, 6.07) is 0.486. The summed E-state index contributed by atoms with van der Waals surface area (Å²) in [5.74, 6) is 2.50. The van der Waals surface area contributed by atoms with Crippen molar-refractivity contribution in [2.45, 2.75) is 58.5 Å². The van der Waals surface area contributed by atoms with Crippen molar-refractivity contribution in [3.05, 3.63) is 0 Å². The number of hydrogen-bond acceptors (Lipinski definition) is 2. The Morgan fingerprint density at radius 2 is 2.11 bits per heavy atom. The Kier molecular flexibility index (Phi) is 2.92. The van der Waals surface area contributed by atoms with Gasteiger partial charge in [-0.25, -0.2) is 0 Å². The third-order valence-electron chi connectivity index (χ3n) is 6.06. The summed E-state index contributed by atoms with van der Waals surface area (Å²) in [4.78, 5) is 12.2. The number of fused-ring (bicyclic) bond motifs is 2.